The van der Waals surface area contributed by atoms with Gasteiger partial charge in [0.1, 0.15) is 48.2 Å². The van der Waals surface area contributed by atoms with E-state index in [9.17, 15) is 14.7 Å². The molecule has 2 saturated heterocycles. The van der Waals surface area contributed by atoms with Crippen molar-refractivity contribution in [3.8, 4) is 0 Å². The maximum atomic E-state index is 13.9. The fourth-order valence-electron chi connectivity index (χ4n) is 9.29. The number of carboxylic acid groups (broad SMARTS) is 1. The molecule has 7 aromatic rings. The van der Waals surface area contributed by atoms with Gasteiger partial charge >= 0.3 is 11.9 Å². The molecule has 0 saturated carbocycles. The van der Waals surface area contributed by atoms with E-state index in [1.807, 2.05) is 212 Å². The summed E-state index contributed by atoms with van der Waals surface area (Å²) in [6.07, 6.45) is -9.63. The summed E-state index contributed by atoms with van der Waals surface area (Å²) in [6, 6.07) is 68.7. The molecule has 13 nitrogen and oxygen atoms in total. The van der Waals surface area contributed by atoms with Crippen LogP contribution in [0, 0.1) is 0 Å². The van der Waals surface area contributed by atoms with Crippen LogP contribution >= 0.6 is 11.8 Å². The number of hydrogen-bond donors (Lipinski definition) is 1. The SMILES string of the molecule is O=C(O)CCC(=O)O[C@@H]1[C@@H](OCc2ccccc2)[C@H](O[C@@H]2O[C@H](COCc3ccccc3)[C@@H](OCc3ccccc3)[C@H](OCc3ccccc3)[C@H]2OCc2ccccc2)[C@@H](COCc2ccccc2)O[C@H]1Sc1ccccc1. The highest BCUT2D eigenvalue weighted by atomic mass is 32.2. The highest BCUT2D eigenvalue weighted by Crippen LogP contribution is 2.40. The van der Waals surface area contributed by atoms with Gasteiger partial charge in [0, 0.05) is 4.90 Å². The summed E-state index contributed by atoms with van der Waals surface area (Å²) >= 11 is 1.35. The maximum Gasteiger partial charge on any atom is 0.306 e. The van der Waals surface area contributed by atoms with E-state index in [4.69, 9.17) is 47.4 Å². The van der Waals surface area contributed by atoms with Gasteiger partial charge in [-0.05, 0) is 45.5 Å². The molecule has 10 atom stereocenters. The zero-order chi connectivity index (χ0) is 53.6. The van der Waals surface area contributed by atoms with E-state index >= 15 is 0 Å². The van der Waals surface area contributed by atoms with E-state index in [2.05, 4.69) is 0 Å². The molecule has 0 aliphatic carbocycles. The van der Waals surface area contributed by atoms with Crippen molar-refractivity contribution in [3.05, 3.63) is 246 Å². The van der Waals surface area contributed by atoms with Crippen LogP contribution in [0.25, 0.3) is 0 Å². The van der Waals surface area contributed by atoms with Gasteiger partial charge in [-0.1, -0.05) is 212 Å². The molecule has 0 radical (unpaired) electrons. The second-order valence-electron chi connectivity index (χ2n) is 19.0. The highest BCUT2D eigenvalue weighted by molar-refractivity contribution is 7.99. The van der Waals surface area contributed by atoms with Crippen molar-refractivity contribution in [3.63, 3.8) is 0 Å². The monoisotopic (exact) mass is 1070 g/mol. The Morgan fingerprint density at radius 2 is 0.756 bits per heavy atom. The highest BCUT2D eigenvalue weighted by Gasteiger charge is 2.55. The third kappa shape index (κ3) is 17.0. The largest absolute Gasteiger partial charge is 0.481 e. The Bertz CT molecular complexity index is 2800. The second-order valence-corrected chi connectivity index (χ2v) is 20.2. The Morgan fingerprint density at radius 3 is 1.18 bits per heavy atom. The van der Waals surface area contributed by atoms with Gasteiger partial charge in [0.15, 0.2) is 12.4 Å². The maximum absolute atomic E-state index is 13.9. The van der Waals surface area contributed by atoms with Crippen LogP contribution in [0.3, 0.4) is 0 Å². The first-order valence-corrected chi connectivity index (χ1v) is 27.2. The summed E-state index contributed by atoms with van der Waals surface area (Å²) < 4.78 is 69.4. The van der Waals surface area contributed by atoms with Crippen molar-refractivity contribution in [1.29, 1.82) is 0 Å². The Kier molecular flexibility index (Phi) is 21.6. The fourth-order valence-corrected chi connectivity index (χ4v) is 10.4. The van der Waals surface area contributed by atoms with Gasteiger partial charge in [-0.2, -0.15) is 0 Å². The van der Waals surface area contributed by atoms with Gasteiger partial charge in [-0.3, -0.25) is 9.59 Å². The number of aliphatic carboxylic acids is 1. The van der Waals surface area contributed by atoms with E-state index < -0.39 is 78.9 Å². The molecule has 14 heteroatoms. The summed E-state index contributed by atoms with van der Waals surface area (Å²) in [7, 11) is 0. The lowest BCUT2D eigenvalue weighted by atomic mass is 9.96. The minimum absolute atomic E-state index is 0.0128. The van der Waals surface area contributed by atoms with Gasteiger partial charge in [-0.25, -0.2) is 0 Å². The van der Waals surface area contributed by atoms with Crippen LogP contribution in [-0.2, 0) is 96.6 Å². The molecule has 0 amide bonds. The molecule has 0 spiro atoms. The molecule has 0 bridgehead atoms. The lowest BCUT2D eigenvalue weighted by molar-refractivity contribution is -0.358. The summed E-state index contributed by atoms with van der Waals surface area (Å²) in [6.45, 7) is 1.30. The molecule has 2 aliphatic rings. The molecule has 1 N–H and O–H groups in total. The molecule has 0 aromatic heterocycles. The minimum Gasteiger partial charge on any atom is -0.481 e. The number of benzene rings is 7. The molecule has 7 aromatic carbocycles. The Morgan fingerprint density at radius 1 is 0.397 bits per heavy atom. The molecule has 2 fully saturated rings. The number of ether oxygens (including phenoxy) is 10. The van der Waals surface area contributed by atoms with E-state index in [1.54, 1.807) is 0 Å². The van der Waals surface area contributed by atoms with Crippen LogP contribution in [-0.4, -0.2) is 90.8 Å². The van der Waals surface area contributed by atoms with Crippen molar-refractivity contribution in [2.45, 2.75) is 118 Å². The van der Waals surface area contributed by atoms with Crippen LogP contribution in [0.15, 0.2) is 217 Å². The van der Waals surface area contributed by atoms with Crippen molar-refractivity contribution in [1.82, 2.24) is 0 Å². The third-order valence-corrected chi connectivity index (χ3v) is 14.4. The van der Waals surface area contributed by atoms with Crippen molar-refractivity contribution >= 4 is 23.7 Å². The number of carbonyl (C=O) groups excluding carboxylic acids is 1. The topological polar surface area (TPSA) is 147 Å². The first kappa shape index (κ1) is 56.2. The average Bonchev–Trinajstić information content (AvgIpc) is 3.51. The lowest BCUT2D eigenvalue weighted by Crippen LogP contribution is -2.66. The first-order chi connectivity index (χ1) is 38.4. The predicted molar refractivity (Wildman–Crippen MR) is 294 cm³/mol. The van der Waals surface area contributed by atoms with Gasteiger partial charge < -0.3 is 52.5 Å². The Labute approximate surface area is 460 Å². The Hall–Kier alpha value is -6.53. The van der Waals surface area contributed by atoms with Crippen LogP contribution in [0.1, 0.15) is 46.2 Å². The number of carbonyl (C=O) groups is 2. The van der Waals surface area contributed by atoms with Crippen molar-refractivity contribution in [2.75, 3.05) is 13.2 Å². The number of rotatable bonds is 28. The number of hydrogen-bond acceptors (Lipinski definition) is 13. The zero-order valence-electron chi connectivity index (χ0n) is 43.3. The third-order valence-electron chi connectivity index (χ3n) is 13.2. The molecule has 78 heavy (non-hydrogen) atoms. The smallest absolute Gasteiger partial charge is 0.306 e. The summed E-state index contributed by atoms with van der Waals surface area (Å²) in [5.74, 6) is -1.87. The lowest BCUT2D eigenvalue weighted by Gasteiger charge is -2.50. The number of esters is 1. The molecule has 2 heterocycles. The number of thioether (sulfide) groups is 1. The van der Waals surface area contributed by atoms with Crippen molar-refractivity contribution < 1.29 is 62.1 Å². The van der Waals surface area contributed by atoms with Crippen LogP contribution in [0.4, 0.5) is 0 Å². The zero-order valence-corrected chi connectivity index (χ0v) is 44.1. The van der Waals surface area contributed by atoms with Crippen LogP contribution < -0.4 is 0 Å². The Balaban J connectivity index is 1.14. The van der Waals surface area contributed by atoms with Gasteiger partial charge in [0.05, 0.1) is 65.7 Å². The first-order valence-electron chi connectivity index (χ1n) is 26.4. The van der Waals surface area contributed by atoms with Crippen LogP contribution in [0.2, 0.25) is 0 Å². The summed E-state index contributed by atoms with van der Waals surface area (Å²) in [4.78, 5) is 26.6. The normalized spacial score (nSPS) is 23.1. The molecule has 0 unspecified atom stereocenters. The summed E-state index contributed by atoms with van der Waals surface area (Å²) in [5.41, 5.74) is 4.68. The molecule has 2 aliphatic heterocycles. The molecular formula is C64H66O13S. The summed E-state index contributed by atoms with van der Waals surface area (Å²) in [5, 5.41) is 9.66. The van der Waals surface area contributed by atoms with E-state index in [0.29, 0.717) is 6.61 Å². The van der Waals surface area contributed by atoms with Gasteiger partial charge in [0.25, 0.3) is 0 Å². The second kappa shape index (κ2) is 30.0. The van der Waals surface area contributed by atoms with E-state index in [-0.39, 0.29) is 52.7 Å². The van der Waals surface area contributed by atoms with Gasteiger partial charge in [-0.15, -0.1) is 0 Å². The molecule has 406 valence electrons. The predicted octanol–water partition coefficient (Wildman–Crippen LogP) is 11.2. The minimum atomic E-state index is -1.23. The van der Waals surface area contributed by atoms with E-state index in [0.717, 1.165) is 38.3 Å². The van der Waals surface area contributed by atoms with Gasteiger partial charge in [0.2, 0.25) is 0 Å². The number of carboxylic acids is 1. The quantitative estimate of drug-likeness (QED) is 0.0464. The van der Waals surface area contributed by atoms with Crippen molar-refractivity contribution in [2.24, 2.45) is 0 Å². The van der Waals surface area contributed by atoms with Crippen LogP contribution in [0.5, 0.6) is 0 Å². The molecule has 9 rings (SSSR count). The fraction of sp³-hybridized carbons (Fsp3) is 0.312. The average molecular weight is 1080 g/mol. The molecular weight excluding hydrogens is 1010 g/mol. The van der Waals surface area contributed by atoms with E-state index in [1.165, 1.54) is 11.8 Å². The standard InChI is InChI=1S/C64H66O13S/c65-55(66)36-37-56(67)76-62-60(72-42-50-30-16-5-17-31-50)58(54(45-69-39-47-24-10-2-11-25-47)75-64(62)78-52-34-20-7-21-35-52)77-63-61(73-43-51-32-18-6-19-33-51)59(71-41-49-28-14-4-15-29-49)57(70-40-48-26-12-3-13-27-48)53(74-63)44-68-38-46-22-8-1-9-23-46/h1-35,53-54,57-64H,36-45H2,(H,65,66)/t53-,54-,57-,58-,59+,60+,61-,62-,63+,64+/m1/s1.